The highest BCUT2D eigenvalue weighted by atomic mass is 16.2. The van der Waals surface area contributed by atoms with E-state index >= 15 is 0 Å². The molecule has 0 aliphatic carbocycles. The smallest absolute Gasteiger partial charge is 0.352 e. The van der Waals surface area contributed by atoms with Crippen molar-refractivity contribution in [2.24, 2.45) is 5.92 Å². The van der Waals surface area contributed by atoms with Crippen LogP contribution >= 0.6 is 0 Å². The second kappa shape index (κ2) is 8.59. The molecule has 0 saturated carbocycles. The molecule has 0 bridgehead atoms. The van der Waals surface area contributed by atoms with Crippen molar-refractivity contribution >= 4 is 22.6 Å². The van der Waals surface area contributed by atoms with E-state index in [9.17, 15) is 14.4 Å². The molecule has 0 atom stereocenters. The molecule has 31 heavy (non-hydrogen) atoms. The van der Waals surface area contributed by atoms with Gasteiger partial charge in [0.15, 0.2) is 0 Å². The van der Waals surface area contributed by atoms with Gasteiger partial charge in [0.25, 0.3) is 5.56 Å². The first-order valence-corrected chi connectivity index (χ1v) is 10.4. The van der Waals surface area contributed by atoms with Gasteiger partial charge >= 0.3 is 5.69 Å². The van der Waals surface area contributed by atoms with Crippen molar-refractivity contribution in [2.45, 2.75) is 33.4 Å². The number of nitrogens with zero attached hydrogens (tertiary/aromatic N) is 4. The minimum atomic E-state index is -0.326. The fraction of sp³-hybridized carbons (Fsp3) is 0.304. The normalized spacial score (nSPS) is 11.5. The zero-order chi connectivity index (χ0) is 22.0. The number of nitrogens with one attached hydrogen (secondary N) is 1. The summed E-state index contributed by atoms with van der Waals surface area (Å²) in [4.78, 5) is 38.6. The Balaban J connectivity index is 1.79. The highest BCUT2D eigenvalue weighted by molar-refractivity contribution is 5.80. The van der Waals surface area contributed by atoms with Crippen LogP contribution in [0.25, 0.3) is 16.7 Å². The minimum absolute atomic E-state index is 0.125. The SMILES string of the molecule is CC(C)CNC(=O)CCn1c(=O)c2ccccc2n2c(=O)n(Cc3ccccc3)nc12. The van der Waals surface area contributed by atoms with Crippen LogP contribution in [-0.2, 0) is 17.9 Å². The van der Waals surface area contributed by atoms with Crippen molar-refractivity contribution in [3.63, 3.8) is 0 Å². The van der Waals surface area contributed by atoms with Crippen molar-refractivity contribution in [1.29, 1.82) is 0 Å². The number of fused-ring (bicyclic) bond motifs is 3. The number of hydrogen-bond donors (Lipinski definition) is 1. The number of benzene rings is 2. The Morgan fingerprint density at radius 3 is 2.48 bits per heavy atom. The Kier molecular flexibility index (Phi) is 5.70. The zero-order valence-electron chi connectivity index (χ0n) is 17.6. The predicted molar refractivity (Wildman–Crippen MR) is 119 cm³/mol. The summed E-state index contributed by atoms with van der Waals surface area (Å²) in [6.07, 6.45) is 0.125. The largest absolute Gasteiger partial charge is 0.356 e. The highest BCUT2D eigenvalue weighted by Gasteiger charge is 2.18. The van der Waals surface area contributed by atoms with Crippen molar-refractivity contribution in [1.82, 2.24) is 24.1 Å². The van der Waals surface area contributed by atoms with Gasteiger partial charge in [0.05, 0.1) is 17.4 Å². The van der Waals surface area contributed by atoms with E-state index < -0.39 is 0 Å². The summed E-state index contributed by atoms with van der Waals surface area (Å²) in [5, 5.41) is 7.74. The third kappa shape index (κ3) is 4.14. The molecule has 8 nitrogen and oxygen atoms in total. The molecule has 2 aromatic heterocycles. The van der Waals surface area contributed by atoms with E-state index in [-0.39, 0.29) is 35.9 Å². The summed E-state index contributed by atoms with van der Waals surface area (Å²) < 4.78 is 4.22. The summed E-state index contributed by atoms with van der Waals surface area (Å²) in [6.45, 7) is 5.04. The van der Waals surface area contributed by atoms with E-state index in [2.05, 4.69) is 10.4 Å². The van der Waals surface area contributed by atoms with E-state index in [0.717, 1.165) is 5.56 Å². The van der Waals surface area contributed by atoms with Crippen LogP contribution in [0, 0.1) is 5.92 Å². The van der Waals surface area contributed by atoms with E-state index in [1.165, 1.54) is 13.6 Å². The van der Waals surface area contributed by atoms with Gasteiger partial charge in [0.2, 0.25) is 11.7 Å². The quantitative estimate of drug-likeness (QED) is 0.496. The Morgan fingerprint density at radius 1 is 1.03 bits per heavy atom. The topological polar surface area (TPSA) is 90.4 Å². The first-order valence-electron chi connectivity index (χ1n) is 10.4. The second-order valence-electron chi connectivity index (χ2n) is 7.98. The maximum Gasteiger partial charge on any atom is 0.352 e. The van der Waals surface area contributed by atoms with Crippen LogP contribution < -0.4 is 16.6 Å². The number of para-hydroxylation sites is 1. The lowest BCUT2D eigenvalue weighted by Crippen LogP contribution is -2.31. The number of hydrogen-bond acceptors (Lipinski definition) is 4. The van der Waals surface area contributed by atoms with Crippen LogP contribution in [0.1, 0.15) is 25.8 Å². The molecule has 160 valence electrons. The number of carbonyl (C=O) groups excluding carboxylic acids is 1. The third-order valence-electron chi connectivity index (χ3n) is 5.13. The number of carbonyl (C=O) groups is 1. The van der Waals surface area contributed by atoms with Crippen molar-refractivity contribution in [2.75, 3.05) is 6.54 Å². The average molecular weight is 419 g/mol. The molecule has 4 rings (SSSR count). The van der Waals surface area contributed by atoms with Crippen LogP contribution in [0.15, 0.2) is 64.2 Å². The third-order valence-corrected chi connectivity index (χ3v) is 5.13. The van der Waals surface area contributed by atoms with Gasteiger partial charge in [0, 0.05) is 19.5 Å². The van der Waals surface area contributed by atoms with Gasteiger partial charge in [-0.15, -0.1) is 5.10 Å². The summed E-state index contributed by atoms with van der Waals surface area (Å²) >= 11 is 0. The Morgan fingerprint density at radius 2 is 1.74 bits per heavy atom. The number of aryl methyl sites for hydroxylation is 1. The highest BCUT2D eigenvalue weighted by Crippen LogP contribution is 2.12. The van der Waals surface area contributed by atoms with Gasteiger partial charge in [-0.25, -0.2) is 13.9 Å². The molecule has 2 aromatic carbocycles. The summed E-state index contributed by atoms with van der Waals surface area (Å²) in [7, 11) is 0. The maximum atomic E-state index is 13.2. The summed E-state index contributed by atoms with van der Waals surface area (Å²) in [5.74, 6) is 0.436. The molecule has 2 heterocycles. The lowest BCUT2D eigenvalue weighted by Gasteiger charge is -2.10. The molecule has 0 spiro atoms. The summed E-state index contributed by atoms with van der Waals surface area (Å²) in [5.41, 5.74) is 0.844. The van der Waals surface area contributed by atoms with Gasteiger partial charge in [-0.3, -0.25) is 14.2 Å². The van der Waals surface area contributed by atoms with Crippen molar-refractivity contribution in [3.05, 3.63) is 81.0 Å². The average Bonchev–Trinajstić information content (AvgIpc) is 3.09. The van der Waals surface area contributed by atoms with Crippen LogP contribution in [0.3, 0.4) is 0 Å². The molecule has 1 amide bonds. The number of amides is 1. The molecule has 1 N–H and O–H groups in total. The fourth-order valence-corrected chi connectivity index (χ4v) is 3.55. The number of rotatable bonds is 7. The lowest BCUT2D eigenvalue weighted by atomic mass is 10.2. The van der Waals surface area contributed by atoms with E-state index in [0.29, 0.717) is 29.9 Å². The lowest BCUT2D eigenvalue weighted by molar-refractivity contribution is -0.121. The molecule has 0 fully saturated rings. The fourth-order valence-electron chi connectivity index (χ4n) is 3.55. The molecular weight excluding hydrogens is 394 g/mol. The van der Waals surface area contributed by atoms with Crippen LogP contribution in [0.2, 0.25) is 0 Å². The van der Waals surface area contributed by atoms with E-state index in [4.69, 9.17) is 0 Å². The monoisotopic (exact) mass is 419 g/mol. The van der Waals surface area contributed by atoms with Crippen LogP contribution in [0.5, 0.6) is 0 Å². The number of aromatic nitrogens is 4. The first-order chi connectivity index (χ1) is 15.0. The zero-order valence-corrected chi connectivity index (χ0v) is 17.6. The van der Waals surface area contributed by atoms with Gasteiger partial charge in [0.1, 0.15) is 0 Å². The molecule has 0 saturated heterocycles. The molecule has 0 aliphatic heterocycles. The standard InChI is InChI=1S/C23H25N5O3/c1-16(2)14-24-20(29)12-13-26-21(30)18-10-6-7-11-19(18)28-22(26)25-27(23(28)31)15-17-8-4-3-5-9-17/h3-11,16H,12-15H2,1-2H3,(H,24,29). The van der Waals surface area contributed by atoms with Gasteiger partial charge in [-0.05, 0) is 23.6 Å². The van der Waals surface area contributed by atoms with Gasteiger partial charge in [-0.2, -0.15) is 0 Å². The maximum absolute atomic E-state index is 13.2. The van der Waals surface area contributed by atoms with Gasteiger partial charge in [-0.1, -0.05) is 56.3 Å². The Hall–Kier alpha value is -3.68. The molecule has 0 radical (unpaired) electrons. The van der Waals surface area contributed by atoms with E-state index in [1.807, 2.05) is 44.2 Å². The Bertz CT molecular complexity index is 1350. The van der Waals surface area contributed by atoms with Crippen LogP contribution in [0.4, 0.5) is 0 Å². The summed E-state index contributed by atoms with van der Waals surface area (Å²) in [6, 6.07) is 16.5. The second-order valence-corrected chi connectivity index (χ2v) is 7.98. The predicted octanol–water partition coefficient (Wildman–Crippen LogP) is 2.02. The first kappa shape index (κ1) is 20.6. The Labute approximate surface area is 178 Å². The molecule has 8 heteroatoms. The van der Waals surface area contributed by atoms with E-state index in [1.54, 1.807) is 24.3 Å². The molecule has 0 aliphatic rings. The van der Waals surface area contributed by atoms with Gasteiger partial charge < -0.3 is 5.32 Å². The van der Waals surface area contributed by atoms with Crippen molar-refractivity contribution < 1.29 is 4.79 Å². The molecule has 4 aromatic rings. The molecular formula is C23H25N5O3. The van der Waals surface area contributed by atoms with Crippen LogP contribution in [-0.4, -0.2) is 31.2 Å². The van der Waals surface area contributed by atoms with Crippen molar-refractivity contribution in [3.8, 4) is 0 Å². The minimum Gasteiger partial charge on any atom is -0.356 e. The molecule has 0 unspecified atom stereocenters.